The highest BCUT2D eigenvalue weighted by Gasteiger charge is 2.14. The van der Waals surface area contributed by atoms with Crippen LogP contribution in [0.2, 0.25) is 5.02 Å². The van der Waals surface area contributed by atoms with Gasteiger partial charge in [-0.05, 0) is 35.0 Å². The first-order valence-corrected chi connectivity index (χ1v) is 8.12. The first-order valence-electron chi connectivity index (χ1n) is 6.13. The fourth-order valence-electron chi connectivity index (χ4n) is 1.73. The predicted molar refractivity (Wildman–Crippen MR) is 80.8 cm³/mol. The minimum Gasteiger partial charge on any atom is -0.399 e. The molecule has 0 aliphatic rings. The van der Waals surface area contributed by atoms with Crippen LogP contribution in [0.15, 0.2) is 18.2 Å². The molecule has 2 aromatic rings. The van der Waals surface area contributed by atoms with Gasteiger partial charge in [0.25, 0.3) is 0 Å². The maximum atomic E-state index is 11.4. The Balaban J connectivity index is 2.22. The van der Waals surface area contributed by atoms with Crippen molar-refractivity contribution >= 4 is 28.1 Å². The third-order valence-electron chi connectivity index (χ3n) is 3.08. The quantitative estimate of drug-likeness (QED) is 0.849. The Hall–Kier alpha value is -1.47. The highest BCUT2D eigenvalue weighted by Crippen LogP contribution is 2.27. The third-order valence-corrected chi connectivity index (χ3v) is 4.76. The molecule has 0 aliphatic heterocycles. The molecule has 1 aromatic heterocycles. The second-order valence-electron chi connectivity index (χ2n) is 4.56. The monoisotopic (exact) mass is 313 g/mol. The first kappa shape index (κ1) is 14.9. The fourth-order valence-corrected chi connectivity index (χ4v) is 2.44. The summed E-state index contributed by atoms with van der Waals surface area (Å²) in [5, 5.41) is 12.2. The Morgan fingerprint density at radius 2 is 2.25 bits per heavy atom. The van der Waals surface area contributed by atoms with Crippen LogP contribution < -0.4 is 5.73 Å². The maximum Gasteiger partial charge on any atom is 0.183 e. The van der Waals surface area contributed by atoms with E-state index in [-0.39, 0.29) is 5.25 Å². The summed E-state index contributed by atoms with van der Waals surface area (Å²) in [6.07, 6.45) is 2.43. The van der Waals surface area contributed by atoms with E-state index in [1.807, 2.05) is 6.92 Å². The molecule has 0 saturated heterocycles. The smallest absolute Gasteiger partial charge is 0.183 e. The van der Waals surface area contributed by atoms with Gasteiger partial charge in [-0.15, -0.1) is 5.10 Å². The Morgan fingerprint density at radius 3 is 2.90 bits per heavy atom. The van der Waals surface area contributed by atoms with Crippen molar-refractivity contribution in [1.29, 1.82) is 0 Å². The fraction of sp³-hybridized carbons (Fsp3) is 0.417. The summed E-state index contributed by atoms with van der Waals surface area (Å²) in [6, 6.07) is 5.21. The standard InChI is InChI=1S/C12H16ClN5OS/c1-8(20(2)19)5-6-18-12(15-16-17-18)10-4-3-9(14)7-11(10)13/h3-4,7-8H,5-6,14H2,1-2H3. The lowest BCUT2D eigenvalue weighted by Crippen LogP contribution is -2.14. The molecule has 0 fully saturated rings. The van der Waals surface area contributed by atoms with Gasteiger partial charge in [0, 0.05) is 40.1 Å². The van der Waals surface area contributed by atoms with Crippen molar-refractivity contribution in [3.63, 3.8) is 0 Å². The zero-order valence-electron chi connectivity index (χ0n) is 11.3. The van der Waals surface area contributed by atoms with Gasteiger partial charge in [0.1, 0.15) is 0 Å². The van der Waals surface area contributed by atoms with Gasteiger partial charge >= 0.3 is 0 Å². The zero-order chi connectivity index (χ0) is 14.7. The van der Waals surface area contributed by atoms with Gasteiger partial charge in [0.15, 0.2) is 5.82 Å². The molecular formula is C12H16ClN5OS. The summed E-state index contributed by atoms with van der Waals surface area (Å²) in [5.41, 5.74) is 7.00. The molecule has 108 valence electrons. The lowest BCUT2D eigenvalue weighted by atomic mass is 10.2. The van der Waals surface area contributed by atoms with E-state index in [1.54, 1.807) is 29.1 Å². The number of nitrogen functional groups attached to an aromatic ring is 1. The maximum absolute atomic E-state index is 11.4. The van der Waals surface area contributed by atoms with Crippen LogP contribution in [0.25, 0.3) is 11.4 Å². The molecule has 0 aliphatic carbocycles. The number of hydrogen-bond donors (Lipinski definition) is 1. The second-order valence-corrected chi connectivity index (χ2v) is 6.77. The number of nitrogens with two attached hydrogens (primary N) is 1. The van der Waals surface area contributed by atoms with E-state index >= 15 is 0 Å². The number of aromatic nitrogens is 4. The number of hydrogen-bond acceptors (Lipinski definition) is 5. The number of halogens is 1. The van der Waals surface area contributed by atoms with E-state index in [0.717, 1.165) is 12.0 Å². The van der Waals surface area contributed by atoms with Crippen LogP contribution in [0, 0.1) is 0 Å². The molecule has 0 radical (unpaired) electrons. The highest BCUT2D eigenvalue weighted by molar-refractivity contribution is 7.84. The van der Waals surface area contributed by atoms with E-state index in [0.29, 0.717) is 23.1 Å². The number of anilines is 1. The Morgan fingerprint density at radius 1 is 1.50 bits per heavy atom. The molecule has 0 spiro atoms. The number of benzene rings is 1. The molecule has 2 atom stereocenters. The van der Waals surface area contributed by atoms with Crippen molar-refractivity contribution in [2.45, 2.75) is 25.1 Å². The van der Waals surface area contributed by atoms with Crippen molar-refractivity contribution in [1.82, 2.24) is 20.2 Å². The summed E-state index contributed by atoms with van der Waals surface area (Å²) in [6.45, 7) is 2.53. The van der Waals surface area contributed by atoms with Crippen molar-refractivity contribution < 1.29 is 4.21 Å². The molecule has 0 bridgehead atoms. The average molecular weight is 314 g/mol. The zero-order valence-corrected chi connectivity index (χ0v) is 12.9. The Bertz CT molecular complexity index is 630. The Kier molecular flexibility index (Phi) is 4.72. The van der Waals surface area contributed by atoms with Gasteiger partial charge in [-0.1, -0.05) is 18.5 Å². The van der Waals surface area contributed by atoms with Crippen LogP contribution in [-0.2, 0) is 17.3 Å². The molecule has 2 rings (SSSR count). The van der Waals surface area contributed by atoms with Crippen LogP contribution >= 0.6 is 11.6 Å². The molecule has 2 N–H and O–H groups in total. The molecule has 6 nitrogen and oxygen atoms in total. The third kappa shape index (κ3) is 3.34. The van der Waals surface area contributed by atoms with Gasteiger partial charge in [-0.3, -0.25) is 4.21 Å². The van der Waals surface area contributed by atoms with Crippen LogP contribution in [0.5, 0.6) is 0 Å². The summed E-state index contributed by atoms with van der Waals surface area (Å²) < 4.78 is 13.0. The van der Waals surface area contributed by atoms with Gasteiger partial charge in [-0.25, -0.2) is 4.68 Å². The van der Waals surface area contributed by atoms with Crippen LogP contribution in [0.4, 0.5) is 5.69 Å². The molecule has 1 heterocycles. The lowest BCUT2D eigenvalue weighted by molar-refractivity contribution is 0.556. The van der Waals surface area contributed by atoms with Gasteiger partial charge < -0.3 is 5.73 Å². The average Bonchev–Trinajstić information content (AvgIpc) is 2.84. The van der Waals surface area contributed by atoms with Crippen molar-refractivity contribution in [3.05, 3.63) is 23.2 Å². The SMILES string of the molecule is CC(CCn1nnnc1-c1ccc(N)cc1Cl)S(C)=O. The Labute approximate surface area is 124 Å². The lowest BCUT2D eigenvalue weighted by Gasteiger charge is -2.09. The van der Waals surface area contributed by atoms with Crippen LogP contribution in [0.3, 0.4) is 0 Å². The van der Waals surface area contributed by atoms with Crippen molar-refractivity contribution in [3.8, 4) is 11.4 Å². The van der Waals surface area contributed by atoms with Gasteiger partial charge in [0.05, 0.1) is 5.02 Å². The summed E-state index contributed by atoms with van der Waals surface area (Å²) in [4.78, 5) is 0. The molecule has 2 unspecified atom stereocenters. The van der Waals surface area contributed by atoms with E-state index in [4.69, 9.17) is 17.3 Å². The number of tetrazole rings is 1. The second kappa shape index (κ2) is 6.32. The molecule has 8 heteroatoms. The van der Waals surface area contributed by atoms with E-state index < -0.39 is 10.8 Å². The van der Waals surface area contributed by atoms with Crippen LogP contribution in [0.1, 0.15) is 13.3 Å². The van der Waals surface area contributed by atoms with Crippen LogP contribution in [-0.4, -0.2) is 35.9 Å². The number of rotatable bonds is 5. The molecule has 20 heavy (non-hydrogen) atoms. The van der Waals surface area contributed by atoms with Gasteiger partial charge in [0.2, 0.25) is 0 Å². The number of aryl methyl sites for hydroxylation is 1. The van der Waals surface area contributed by atoms with Gasteiger partial charge in [-0.2, -0.15) is 0 Å². The van der Waals surface area contributed by atoms with E-state index in [9.17, 15) is 4.21 Å². The summed E-state index contributed by atoms with van der Waals surface area (Å²) in [5.74, 6) is 0.587. The van der Waals surface area contributed by atoms with Crippen molar-refractivity contribution in [2.75, 3.05) is 12.0 Å². The molecule has 0 saturated carbocycles. The minimum absolute atomic E-state index is 0.0916. The summed E-state index contributed by atoms with van der Waals surface area (Å²) in [7, 11) is -0.855. The normalized spacial score (nSPS) is 14.2. The van der Waals surface area contributed by atoms with E-state index in [2.05, 4.69) is 15.5 Å². The topological polar surface area (TPSA) is 86.7 Å². The largest absolute Gasteiger partial charge is 0.399 e. The molecule has 1 aromatic carbocycles. The summed E-state index contributed by atoms with van der Waals surface area (Å²) >= 11 is 6.17. The minimum atomic E-state index is -0.855. The first-order chi connectivity index (χ1) is 9.49. The van der Waals surface area contributed by atoms with E-state index in [1.165, 1.54) is 0 Å². The van der Waals surface area contributed by atoms with Crippen molar-refractivity contribution in [2.24, 2.45) is 0 Å². The molecular weight excluding hydrogens is 298 g/mol. The highest BCUT2D eigenvalue weighted by atomic mass is 35.5. The number of nitrogens with zero attached hydrogens (tertiary/aromatic N) is 4. The predicted octanol–water partition coefficient (Wildman–Crippen LogP) is 1.73. The molecule has 0 amide bonds.